The fourth-order valence-corrected chi connectivity index (χ4v) is 1.80. The van der Waals surface area contributed by atoms with Gasteiger partial charge in [0.1, 0.15) is 5.60 Å². The van der Waals surface area contributed by atoms with Crippen LogP contribution in [0, 0.1) is 0 Å². The Balaban J connectivity index is 2.99. The number of esters is 1. The molecule has 0 spiro atoms. The van der Waals surface area contributed by atoms with Gasteiger partial charge in [-0.25, -0.2) is 0 Å². The van der Waals surface area contributed by atoms with Crippen LogP contribution in [-0.4, -0.2) is 11.6 Å². The first kappa shape index (κ1) is 14.2. The molecule has 0 amide bonds. The van der Waals surface area contributed by atoms with E-state index in [9.17, 15) is 4.79 Å². The maximum absolute atomic E-state index is 12.2. The number of carbonyl (C=O) groups excluding carboxylic acids is 1. The van der Waals surface area contributed by atoms with Crippen LogP contribution in [0.15, 0.2) is 28.7 Å². The van der Waals surface area contributed by atoms with Gasteiger partial charge in [0.2, 0.25) is 0 Å². The van der Waals surface area contributed by atoms with Crippen molar-refractivity contribution in [1.82, 2.24) is 0 Å². The second-order valence-electron chi connectivity index (χ2n) is 5.64. The van der Waals surface area contributed by atoms with Crippen LogP contribution < -0.4 is 0 Å². The van der Waals surface area contributed by atoms with E-state index in [1.165, 1.54) is 0 Å². The third kappa shape index (κ3) is 3.84. The van der Waals surface area contributed by atoms with E-state index in [0.717, 1.165) is 10.0 Å². The second kappa shape index (κ2) is 4.81. The van der Waals surface area contributed by atoms with Crippen LogP contribution in [-0.2, 0) is 14.9 Å². The lowest BCUT2D eigenvalue weighted by Gasteiger charge is -2.28. The van der Waals surface area contributed by atoms with E-state index in [-0.39, 0.29) is 5.97 Å². The maximum Gasteiger partial charge on any atom is 0.316 e. The third-order valence-corrected chi connectivity index (χ3v) is 2.95. The molecule has 0 atom stereocenters. The summed E-state index contributed by atoms with van der Waals surface area (Å²) in [5.41, 5.74) is -0.154. The van der Waals surface area contributed by atoms with Crippen LogP contribution in [0.1, 0.15) is 40.2 Å². The SMILES string of the molecule is CC(C)(C)OC(=O)C(C)(C)c1cccc(Br)c1. The Kier molecular flexibility index (Phi) is 4.03. The molecule has 17 heavy (non-hydrogen) atoms. The monoisotopic (exact) mass is 298 g/mol. The number of hydrogen-bond acceptors (Lipinski definition) is 2. The fraction of sp³-hybridized carbons (Fsp3) is 0.500. The van der Waals surface area contributed by atoms with Crippen molar-refractivity contribution in [1.29, 1.82) is 0 Å². The van der Waals surface area contributed by atoms with Crippen molar-refractivity contribution < 1.29 is 9.53 Å². The smallest absolute Gasteiger partial charge is 0.316 e. The van der Waals surface area contributed by atoms with Crippen molar-refractivity contribution in [2.75, 3.05) is 0 Å². The molecule has 1 aromatic carbocycles. The van der Waals surface area contributed by atoms with Gasteiger partial charge in [-0.05, 0) is 52.3 Å². The molecule has 0 N–H and O–H groups in total. The lowest BCUT2D eigenvalue weighted by molar-refractivity contribution is -0.160. The molecule has 2 nitrogen and oxygen atoms in total. The van der Waals surface area contributed by atoms with Crippen LogP contribution in [0.2, 0.25) is 0 Å². The first-order chi connectivity index (χ1) is 7.63. The molecule has 0 aliphatic carbocycles. The molecule has 3 heteroatoms. The fourth-order valence-electron chi connectivity index (χ4n) is 1.40. The van der Waals surface area contributed by atoms with Crippen molar-refractivity contribution in [2.24, 2.45) is 0 Å². The highest BCUT2D eigenvalue weighted by molar-refractivity contribution is 9.10. The standard InChI is InChI=1S/C14H19BrO2/c1-13(2,3)17-12(16)14(4,5)10-7-6-8-11(15)9-10/h6-9H,1-5H3. The molecule has 0 aliphatic rings. The zero-order valence-corrected chi connectivity index (χ0v) is 12.6. The van der Waals surface area contributed by atoms with Crippen LogP contribution in [0.25, 0.3) is 0 Å². The molecular weight excluding hydrogens is 280 g/mol. The highest BCUT2D eigenvalue weighted by atomic mass is 79.9. The van der Waals surface area contributed by atoms with Gasteiger partial charge < -0.3 is 4.74 Å². The first-order valence-corrected chi connectivity index (χ1v) is 6.42. The Morgan fingerprint density at radius 1 is 1.18 bits per heavy atom. The van der Waals surface area contributed by atoms with Gasteiger partial charge in [-0.15, -0.1) is 0 Å². The van der Waals surface area contributed by atoms with E-state index >= 15 is 0 Å². The van der Waals surface area contributed by atoms with E-state index in [1.54, 1.807) is 0 Å². The van der Waals surface area contributed by atoms with E-state index < -0.39 is 11.0 Å². The van der Waals surface area contributed by atoms with Gasteiger partial charge in [0.15, 0.2) is 0 Å². The van der Waals surface area contributed by atoms with E-state index in [0.29, 0.717) is 0 Å². The van der Waals surface area contributed by atoms with Gasteiger partial charge in [0, 0.05) is 4.47 Å². The van der Waals surface area contributed by atoms with E-state index in [4.69, 9.17) is 4.74 Å². The highest BCUT2D eigenvalue weighted by Crippen LogP contribution is 2.28. The molecule has 0 heterocycles. The molecule has 0 saturated heterocycles. The van der Waals surface area contributed by atoms with E-state index in [1.807, 2.05) is 58.9 Å². The Morgan fingerprint density at radius 2 is 1.76 bits per heavy atom. The third-order valence-electron chi connectivity index (χ3n) is 2.46. The Bertz CT molecular complexity index is 416. The zero-order chi connectivity index (χ0) is 13.3. The number of rotatable bonds is 2. The molecule has 0 fully saturated rings. The average molecular weight is 299 g/mol. The largest absolute Gasteiger partial charge is 0.459 e. The molecule has 1 aromatic rings. The molecule has 0 saturated carbocycles. The van der Waals surface area contributed by atoms with Crippen LogP contribution in [0.4, 0.5) is 0 Å². The summed E-state index contributed by atoms with van der Waals surface area (Å²) in [6, 6.07) is 7.75. The highest BCUT2D eigenvalue weighted by Gasteiger charge is 2.34. The summed E-state index contributed by atoms with van der Waals surface area (Å²) in [4.78, 5) is 12.2. The van der Waals surface area contributed by atoms with Crippen molar-refractivity contribution in [3.8, 4) is 0 Å². The predicted octanol–water partition coefficient (Wildman–Crippen LogP) is 4.07. The summed E-state index contributed by atoms with van der Waals surface area (Å²) >= 11 is 3.41. The van der Waals surface area contributed by atoms with Gasteiger partial charge in [0.25, 0.3) is 0 Å². The first-order valence-electron chi connectivity index (χ1n) is 5.62. The molecule has 0 radical (unpaired) electrons. The maximum atomic E-state index is 12.2. The number of halogens is 1. The predicted molar refractivity (Wildman–Crippen MR) is 73.0 cm³/mol. The topological polar surface area (TPSA) is 26.3 Å². The Hall–Kier alpha value is -0.830. The van der Waals surface area contributed by atoms with Gasteiger partial charge in [-0.2, -0.15) is 0 Å². The van der Waals surface area contributed by atoms with Crippen LogP contribution >= 0.6 is 15.9 Å². The molecular formula is C14H19BrO2. The van der Waals surface area contributed by atoms with Crippen LogP contribution in [0.3, 0.4) is 0 Å². The molecule has 0 bridgehead atoms. The number of hydrogen-bond donors (Lipinski definition) is 0. The molecule has 94 valence electrons. The quantitative estimate of drug-likeness (QED) is 0.770. The molecule has 0 aromatic heterocycles. The van der Waals surface area contributed by atoms with Gasteiger partial charge in [-0.3, -0.25) is 4.79 Å². The molecule has 0 aliphatic heterocycles. The number of ether oxygens (including phenoxy) is 1. The lowest BCUT2D eigenvalue weighted by Crippen LogP contribution is -2.36. The minimum absolute atomic E-state index is 0.205. The van der Waals surface area contributed by atoms with Crippen LogP contribution in [0.5, 0.6) is 0 Å². The normalized spacial score (nSPS) is 12.4. The zero-order valence-electron chi connectivity index (χ0n) is 11.0. The lowest BCUT2D eigenvalue weighted by atomic mass is 9.84. The van der Waals surface area contributed by atoms with Crippen molar-refractivity contribution in [2.45, 2.75) is 45.6 Å². The van der Waals surface area contributed by atoms with Gasteiger partial charge in [-0.1, -0.05) is 28.1 Å². The molecule has 0 unspecified atom stereocenters. The van der Waals surface area contributed by atoms with Crippen molar-refractivity contribution in [3.63, 3.8) is 0 Å². The summed E-state index contributed by atoms with van der Waals surface area (Å²) in [7, 11) is 0. The summed E-state index contributed by atoms with van der Waals surface area (Å²) in [5, 5.41) is 0. The Labute approximate surface area is 111 Å². The average Bonchev–Trinajstić information content (AvgIpc) is 2.15. The minimum atomic E-state index is -0.642. The summed E-state index contributed by atoms with van der Waals surface area (Å²) in [5.74, 6) is -0.205. The second-order valence-corrected chi connectivity index (χ2v) is 6.55. The van der Waals surface area contributed by atoms with Crippen molar-refractivity contribution in [3.05, 3.63) is 34.3 Å². The Morgan fingerprint density at radius 3 is 2.24 bits per heavy atom. The van der Waals surface area contributed by atoms with Crippen molar-refractivity contribution >= 4 is 21.9 Å². The summed E-state index contributed by atoms with van der Waals surface area (Å²) < 4.78 is 6.41. The molecule has 1 rings (SSSR count). The van der Waals surface area contributed by atoms with E-state index in [2.05, 4.69) is 15.9 Å². The number of carbonyl (C=O) groups is 1. The minimum Gasteiger partial charge on any atom is -0.459 e. The van der Waals surface area contributed by atoms with Gasteiger partial charge >= 0.3 is 5.97 Å². The number of benzene rings is 1. The summed E-state index contributed by atoms with van der Waals surface area (Å²) in [6.07, 6.45) is 0. The van der Waals surface area contributed by atoms with Gasteiger partial charge in [0.05, 0.1) is 5.41 Å². The summed E-state index contributed by atoms with van der Waals surface area (Å²) in [6.45, 7) is 9.39.